The van der Waals surface area contributed by atoms with Crippen molar-refractivity contribution in [3.8, 4) is 11.1 Å². The van der Waals surface area contributed by atoms with E-state index < -0.39 is 17.9 Å². The summed E-state index contributed by atoms with van der Waals surface area (Å²) in [6, 6.07) is 14.2. The van der Waals surface area contributed by atoms with E-state index in [1.54, 1.807) is 37.5 Å². The van der Waals surface area contributed by atoms with Crippen LogP contribution in [0.2, 0.25) is 0 Å². The molecule has 6 nitrogen and oxygen atoms in total. The second-order valence-corrected chi connectivity index (χ2v) is 8.42. The Morgan fingerprint density at radius 2 is 1.91 bits per heavy atom. The van der Waals surface area contributed by atoms with Gasteiger partial charge in [-0.2, -0.15) is 11.8 Å². The first kappa shape index (κ1) is 23.6. The molecule has 0 radical (unpaired) electrons. The molecule has 168 valence electrons. The molecule has 3 aromatic rings. The number of ether oxygens (including phenoxy) is 1. The summed E-state index contributed by atoms with van der Waals surface area (Å²) in [6.07, 6.45) is 5.12. The SMILES string of the molecule is COC(c1ccoc1)c1ccc(C(=O)NC(CCSC)C(=O)O)c(-c2ccccc2C)c1. The highest BCUT2D eigenvalue weighted by molar-refractivity contribution is 7.98. The first-order valence-corrected chi connectivity index (χ1v) is 11.6. The lowest BCUT2D eigenvalue weighted by molar-refractivity contribution is -0.139. The van der Waals surface area contributed by atoms with E-state index in [4.69, 9.17) is 9.15 Å². The molecule has 1 aromatic heterocycles. The van der Waals surface area contributed by atoms with Gasteiger partial charge in [-0.1, -0.05) is 30.3 Å². The number of aliphatic carboxylic acids is 1. The fourth-order valence-corrected chi connectivity index (χ4v) is 4.11. The molecular weight excluding hydrogens is 426 g/mol. The number of hydrogen-bond acceptors (Lipinski definition) is 5. The van der Waals surface area contributed by atoms with Crippen LogP contribution in [0.1, 0.15) is 39.6 Å². The molecule has 0 bridgehead atoms. The number of amides is 1. The van der Waals surface area contributed by atoms with Gasteiger partial charge in [0.15, 0.2) is 0 Å². The van der Waals surface area contributed by atoms with Gasteiger partial charge in [-0.25, -0.2) is 4.79 Å². The quantitative estimate of drug-likeness (QED) is 0.453. The zero-order valence-corrected chi connectivity index (χ0v) is 19.1. The third-order valence-corrected chi connectivity index (χ3v) is 5.97. The van der Waals surface area contributed by atoms with Crippen molar-refractivity contribution in [2.24, 2.45) is 0 Å². The first-order valence-electron chi connectivity index (χ1n) is 10.2. The van der Waals surface area contributed by atoms with Gasteiger partial charge in [0.05, 0.1) is 12.5 Å². The third kappa shape index (κ3) is 5.41. The van der Waals surface area contributed by atoms with Crippen molar-refractivity contribution in [3.05, 3.63) is 83.3 Å². The number of benzene rings is 2. The number of thioether (sulfide) groups is 1. The Kier molecular flexibility index (Phi) is 8.14. The van der Waals surface area contributed by atoms with Crippen LogP contribution in [0.3, 0.4) is 0 Å². The smallest absolute Gasteiger partial charge is 0.326 e. The van der Waals surface area contributed by atoms with Crippen molar-refractivity contribution < 1.29 is 23.8 Å². The Labute approximate surface area is 192 Å². The van der Waals surface area contributed by atoms with Gasteiger partial charge in [-0.15, -0.1) is 0 Å². The van der Waals surface area contributed by atoms with Crippen molar-refractivity contribution in [2.75, 3.05) is 19.1 Å². The summed E-state index contributed by atoms with van der Waals surface area (Å²) in [5, 5.41) is 12.2. The summed E-state index contributed by atoms with van der Waals surface area (Å²) in [6.45, 7) is 1.98. The predicted octanol–water partition coefficient (Wildman–Crippen LogP) is 4.93. The standard InChI is InChI=1S/C25H27NO5S/c1-16-6-4-5-7-19(16)21-14-17(23(30-2)18-10-12-31-15-18)8-9-20(21)24(27)26-22(25(28)29)11-13-32-3/h4-10,12,14-15,22-23H,11,13H2,1-3H3,(H,26,27)(H,28,29). The molecule has 0 saturated heterocycles. The van der Waals surface area contributed by atoms with E-state index in [2.05, 4.69) is 5.32 Å². The third-order valence-electron chi connectivity index (χ3n) is 5.32. The van der Waals surface area contributed by atoms with E-state index in [1.807, 2.05) is 55.6 Å². The molecule has 0 aliphatic carbocycles. The molecule has 7 heteroatoms. The van der Waals surface area contributed by atoms with Gasteiger partial charge in [0.1, 0.15) is 12.1 Å². The van der Waals surface area contributed by atoms with Crippen molar-refractivity contribution in [2.45, 2.75) is 25.5 Å². The van der Waals surface area contributed by atoms with Gasteiger partial charge < -0.3 is 19.6 Å². The van der Waals surface area contributed by atoms with Crippen molar-refractivity contribution in [1.29, 1.82) is 0 Å². The first-order chi connectivity index (χ1) is 15.5. The number of carbonyl (C=O) groups is 2. The maximum absolute atomic E-state index is 13.2. The fraction of sp³-hybridized carbons (Fsp3) is 0.280. The molecule has 32 heavy (non-hydrogen) atoms. The van der Waals surface area contributed by atoms with Gasteiger partial charge in [-0.05, 0) is 65.8 Å². The summed E-state index contributed by atoms with van der Waals surface area (Å²) >= 11 is 1.54. The van der Waals surface area contributed by atoms with E-state index in [0.717, 1.165) is 27.8 Å². The van der Waals surface area contributed by atoms with Crippen LogP contribution in [0.5, 0.6) is 0 Å². The van der Waals surface area contributed by atoms with Crippen molar-refractivity contribution in [3.63, 3.8) is 0 Å². The Morgan fingerprint density at radius 3 is 2.53 bits per heavy atom. The van der Waals surface area contributed by atoms with Crippen molar-refractivity contribution in [1.82, 2.24) is 5.32 Å². The van der Waals surface area contributed by atoms with Crippen LogP contribution < -0.4 is 5.32 Å². The molecule has 0 aliphatic rings. The molecule has 1 heterocycles. The number of furan rings is 1. The molecule has 0 saturated carbocycles. The maximum atomic E-state index is 13.2. The van der Waals surface area contributed by atoms with E-state index in [9.17, 15) is 14.7 Å². The maximum Gasteiger partial charge on any atom is 0.326 e. The molecule has 2 unspecified atom stereocenters. The summed E-state index contributed by atoms with van der Waals surface area (Å²) < 4.78 is 10.9. The van der Waals surface area contributed by atoms with E-state index in [1.165, 1.54) is 0 Å². The average Bonchev–Trinajstić information content (AvgIpc) is 3.31. The van der Waals surface area contributed by atoms with Crippen LogP contribution >= 0.6 is 11.8 Å². The second-order valence-electron chi connectivity index (χ2n) is 7.44. The highest BCUT2D eigenvalue weighted by atomic mass is 32.2. The number of methoxy groups -OCH3 is 1. The molecule has 1 amide bonds. The average molecular weight is 454 g/mol. The highest BCUT2D eigenvalue weighted by Gasteiger charge is 2.24. The fourth-order valence-electron chi connectivity index (χ4n) is 3.64. The Hall–Kier alpha value is -3.03. The lowest BCUT2D eigenvalue weighted by Gasteiger charge is -2.20. The number of carboxylic acid groups (broad SMARTS) is 1. The second kappa shape index (κ2) is 11.0. The van der Waals surface area contributed by atoms with Crippen LogP contribution in [0.4, 0.5) is 0 Å². The zero-order chi connectivity index (χ0) is 23.1. The minimum Gasteiger partial charge on any atom is -0.480 e. The number of aryl methyl sites for hydroxylation is 1. The molecule has 0 spiro atoms. The lowest BCUT2D eigenvalue weighted by Crippen LogP contribution is -2.41. The number of nitrogens with one attached hydrogen (secondary N) is 1. The van der Waals surface area contributed by atoms with Gasteiger partial charge in [-0.3, -0.25) is 4.79 Å². The van der Waals surface area contributed by atoms with Crippen molar-refractivity contribution >= 4 is 23.6 Å². The molecule has 2 atom stereocenters. The highest BCUT2D eigenvalue weighted by Crippen LogP contribution is 2.33. The molecule has 0 fully saturated rings. The van der Waals surface area contributed by atoms with Gasteiger partial charge >= 0.3 is 5.97 Å². The van der Waals surface area contributed by atoms with E-state index in [0.29, 0.717) is 17.7 Å². The Balaban J connectivity index is 2.04. The molecular formula is C25H27NO5S. The largest absolute Gasteiger partial charge is 0.480 e. The molecule has 2 N–H and O–H groups in total. The number of rotatable bonds is 10. The number of hydrogen-bond donors (Lipinski definition) is 2. The van der Waals surface area contributed by atoms with Crippen LogP contribution in [0.25, 0.3) is 11.1 Å². The van der Waals surface area contributed by atoms with Crippen LogP contribution in [0.15, 0.2) is 65.5 Å². The Morgan fingerprint density at radius 1 is 1.12 bits per heavy atom. The van der Waals surface area contributed by atoms with E-state index in [-0.39, 0.29) is 6.10 Å². The minimum absolute atomic E-state index is 0.353. The lowest BCUT2D eigenvalue weighted by atomic mass is 9.91. The van der Waals surface area contributed by atoms with Gasteiger partial charge in [0, 0.05) is 18.2 Å². The summed E-state index contributed by atoms with van der Waals surface area (Å²) in [5.41, 5.74) is 4.77. The van der Waals surface area contributed by atoms with Crippen LogP contribution in [-0.2, 0) is 9.53 Å². The van der Waals surface area contributed by atoms with Gasteiger partial charge in [0.2, 0.25) is 0 Å². The summed E-state index contributed by atoms with van der Waals surface area (Å²) in [5.74, 6) is -0.817. The summed E-state index contributed by atoms with van der Waals surface area (Å²) in [7, 11) is 1.62. The summed E-state index contributed by atoms with van der Waals surface area (Å²) in [4.78, 5) is 24.8. The normalized spacial score (nSPS) is 12.8. The zero-order valence-electron chi connectivity index (χ0n) is 18.3. The predicted molar refractivity (Wildman–Crippen MR) is 126 cm³/mol. The van der Waals surface area contributed by atoms with Crippen LogP contribution in [0, 0.1) is 6.92 Å². The minimum atomic E-state index is -1.04. The molecule has 0 aliphatic heterocycles. The molecule has 2 aromatic carbocycles. The topological polar surface area (TPSA) is 88.8 Å². The number of carboxylic acids is 1. The molecule has 3 rings (SSSR count). The monoisotopic (exact) mass is 453 g/mol. The van der Waals surface area contributed by atoms with Gasteiger partial charge in [0.25, 0.3) is 5.91 Å². The number of carbonyl (C=O) groups excluding carboxylic acids is 1. The Bertz CT molecular complexity index is 1060. The van der Waals surface area contributed by atoms with Crippen LogP contribution in [-0.4, -0.2) is 42.1 Å². The van der Waals surface area contributed by atoms with E-state index >= 15 is 0 Å².